The number of benzene rings is 2. The molecule has 0 spiro atoms. The molecule has 25 heavy (non-hydrogen) atoms. The number of thiocarbonyl (C=S) groups is 1. The molecule has 0 unspecified atom stereocenters. The van der Waals surface area contributed by atoms with Crippen molar-refractivity contribution in [3.05, 3.63) is 53.1 Å². The van der Waals surface area contributed by atoms with Crippen molar-refractivity contribution in [2.45, 2.75) is 19.4 Å². The Bertz CT molecular complexity index is 747. The fourth-order valence-electron chi connectivity index (χ4n) is 2.98. The van der Waals surface area contributed by atoms with Crippen molar-refractivity contribution in [1.82, 2.24) is 4.90 Å². The van der Waals surface area contributed by atoms with E-state index < -0.39 is 0 Å². The monoisotopic (exact) mass is 375 g/mol. The number of nitrogens with zero attached hydrogens (tertiary/aromatic N) is 1. The van der Waals surface area contributed by atoms with E-state index in [1.807, 2.05) is 18.2 Å². The lowest BCUT2D eigenvalue weighted by Crippen LogP contribution is -2.20. The number of nitrogens with one attached hydrogen (secondary N) is 2. The minimum Gasteiger partial charge on any atom is -0.495 e. The zero-order valence-electron chi connectivity index (χ0n) is 14.2. The zero-order chi connectivity index (χ0) is 17.6. The zero-order valence-corrected chi connectivity index (χ0v) is 15.8. The standard InChI is InChI=1S/C19H22ClN3OS/c1-24-18-8-7-16(12-17(18)20)22-19(25)21-15-6-4-5-14(11-15)13-23-9-2-3-10-23/h4-8,11-12H,2-3,9-10,13H2,1H3,(H2,21,22,25). The second-order valence-corrected chi connectivity index (χ2v) is 6.93. The maximum Gasteiger partial charge on any atom is 0.175 e. The fourth-order valence-corrected chi connectivity index (χ4v) is 3.48. The quantitative estimate of drug-likeness (QED) is 0.737. The van der Waals surface area contributed by atoms with Crippen molar-refractivity contribution in [2.24, 2.45) is 0 Å². The lowest BCUT2D eigenvalue weighted by Gasteiger charge is -2.16. The topological polar surface area (TPSA) is 36.5 Å². The van der Waals surface area contributed by atoms with E-state index in [1.165, 1.54) is 31.5 Å². The Kier molecular flexibility index (Phi) is 6.13. The Morgan fingerprint density at radius 1 is 1.12 bits per heavy atom. The Balaban J connectivity index is 1.59. The highest BCUT2D eigenvalue weighted by molar-refractivity contribution is 7.80. The predicted molar refractivity (Wildman–Crippen MR) is 109 cm³/mol. The highest BCUT2D eigenvalue weighted by atomic mass is 35.5. The summed E-state index contributed by atoms with van der Waals surface area (Å²) in [5.74, 6) is 0.640. The second kappa shape index (κ2) is 8.52. The van der Waals surface area contributed by atoms with Gasteiger partial charge in [0, 0.05) is 17.9 Å². The molecule has 0 aliphatic carbocycles. The minimum absolute atomic E-state index is 0.527. The molecule has 6 heteroatoms. The van der Waals surface area contributed by atoms with Crippen LogP contribution in [0.1, 0.15) is 18.4 Å². The molecule has 1 fully saturated rings. The summed E-state index contributed by atoms with van der Waals surface area (Å²) >= 11 is 11.5. The minimum atomic E-state index is 0.527. The van der Waals surface area contributed by atoms with E-state index in [4.69, 9.17) is 28.6 Å². The molecule has 132 valence electrons. The summed E-state index contributed by atoms with van der Waals surface area (Å²) in [6.45, 7) is 3.37. The van der Waals surface area contributed by atoms with E-state index in [9.17, 15) is 0 Å². The largest absolute Gasteiger partial charge is 0.495 e. The number of hydrogen-bond donors (Lipinski definition) is 2. The summed E-state index contributed by atoms with van der Waals surface area (Å²) in [6.07, 6.45) is 2.60. The molecule has 0 saturated carbocycles. The summed E-state index contributed by atoms with van der Waals surface area (Å²) in [5.41, 5.74) is 3.09. The van der Waals surface area contributed by atoms with Gasteiger partial charge in [0.25, 0.3) is 0 Å². The van der Waals surface area contributed by atoms with Gasteiger partial charge in [0.05, 0.1) is 12.1 Å². The van der Waals surface area contributed by atoms with Crippen molar-refractivity contribution >= 4 is 40.3 Å². The van der Waals surface area contributed by atoms with Gasteiger partial charge in [-0.15, -0.1) is 0 Å². The van der Waals surface area contributed by atoms with Gasteiger partial charge in [-0.05, 0) is 74.0 Å². The van der Waals surface area contributed by atoms with Gasteiger partial charge in [0.2, 0.25) is 0 Å². The third kappa shape index (κ3) is 5.08. The molecule has 2 aromatic carbocycles. The molecule has 0 radical (unpaired) electrons. The van der Waals surface area contributed by atoms with Gasteiger partial charge in [-0.3, -0.25) is 4.90 Å². The first-order chi connectivity index (χ1) is 12.1. The van der Waals surface area contributed by atoms with Crippen LogP contribution in [0.3, 0.4) is 0 Å². The van der Waals surface area contributed by atoms with Crippen molar-refractivity contribution < 1.29 is 4.74 Å². The predicted octanol–water partition coefficient (Wildman–Crippen LogP) is 4.75. The second-order valence-electron chi connectivity index (χ2n) is 6.11. The van der Waals surface area contributed by atoms with Gasteiger partial charge in [0.15, 0.2) is 5.11 Å². The Hall–Kier alpha value is -1.82. The number of methoxy groups -OCH3 is 1. The number of likely N-dealkylation sites (tertiary alicyclic amines) is 1. The average Bonchev–Trinajstić information content (AvgIpc) is 3.08. The third-order valence-corrected chi connectivity index (χ3v) is 4.70. The van der Waals surface area contributed by atoms with Crippen LogP contribution in [0.4, 0.5) is 11.4 Å². The summed E-state index contributed by atoms with van der Waals surface area (Å²) in [5, 5.41) is 7.45. The van der Waals surface area contributed by atoms with Crippen LogP contribution >= 0.6 is 23.8 Å². The van der Waals surface area contributed by atoms with Crippen molar-refractivity contribution in [3.8, 4) is 5.75 Å². The number of halogens is 1. The van der Waals surface area contributed by atoms with Gasteiger partial charge in [-0.1, -0.05) is 23.7 Å². The van der Waals surface area contributed by atoms with E-state index in [0.717, 1.165) is 17.9 Å². The molecule has 0 atom stereocenters. The van der Waals surface area contributed by atoms with Crippen LogP contribution in [0.5, 0.6) is 5.75 Å². The Labute approximate surface area is 159 Å². The molecule has 1 aliphatic heterocycles. The smallest absolute Gasteiger partial charge is 0.175 e. The molecular formula is C19H22ClN3OS. The van der Waals surface area contributed by atoms with E-state index in [0.29, 0.717) is 15.9 Å². The fraction of sp³-hybridized carbons (Fsp3) is 0.316. The summed E-state index contributed by atoms with van der Waals surface area (Å²) in [4.78, 5) is 2.48. The van der Waals surface area contributed by atoms with Crippen LogP contribution in [0.2, 0.25) is 5.02 Å². The summed E-state index contributed by atoms with van der Waals surface area (Å²) in [7, 11) is 1.59. The van der Waals surface area contributed by atoms with Crippen molar-refractivity contribution in [3.63, 3.8) is 0 Å². The third-order valence-electron chi connectivity index (χ3n) is 4.20. The van der Waals surface area contributed by atoms with Crippen LogP contribution in [0.15, 0.2) is 42.5 Å². The van der Waals surface area contributed by atoms with E-state index in [2.05, 4.69) is 33.7 Å². The Morgan fingerprint density at radius 3 is 2.52 bits per heavy atom. The molecule has 0 bridgehead atoms. The van der Waals surface area contributed by atoms with Crippen LogP contribution in [-0.4, -0.2) is 30.2 Å². The van der Waals surface area contributed by atoms with E-state index in [-0.39, 0.29) is 0 Å². The molecule has 4 nitrogen and oxygen atoms in total. The van der Waals surface area contributed by atoms with Crippen molar-refractivity contribution in [2.75, 3.05) is 30.8 Å². The molecule has 1 saturated heterocycles. The normalized spacial score (nSPS) is 14.3. The average molecular weight is 376 g/mol. The van der Waals surface area contributed by atoms with Crippen LogP contribution < -0.4 is 15.4 Å². The Morgan fingerprint density at radius 2 is 1.84 bits per heavy atom. The molecule has 2 aromatic rings. The summed E-state index contributed by atoms with van der Waals surface area (Å²) in [6, 6.07) is 13.9. The number of rotatable bonds is 5. The lowest BCUT2D eigenvalue weighted by molar-refractivity contribution is 0.331. The number of anilines is 2. The van der Waals surface area contributed by atoms with E-state index in [1.54, 1.807) is 13.2 Å². The van der Waals surface area contributed by atoms with Crippen molar-refractivity contribution in [1.29, 1.82) is 0 Å². The molecule has 2 N–H and O–H groups in total. The molecule has 3 rings (SSSR count). The molecule has 1 aliphatic rings. The molecular weight excluding hydrogens is 354 g/mol. The van der Waals surface area contributed by atoms with Gasteiger partial charge in [0.1, 0.15) is 5.75 Å². The highest BCUT2D eigenvalue weighted by Gasteiger charge is 2.12. The number of ether oxygens (including phenoxy) is 1. The van der Waals surface area contributed by atoms with Crippen LogP contribution in [0.25, 0.3) is 0 Å². The molecule has 1 heterocycles. The summed E-state index contributed by atoms with van der Waals surface area (Å²) < 4.78 is 5.16. The SMILES string of the molecule is COc1ccc(NC(=S)Nc2cccc(CN3CCCC3)c2)cc1Cl. The maximum atomic E-state index is 6.14. The lowest BCUT2D eigenvalue weighted by atomic mass is 10.2. The van der Waals surface area contributed by atoms with Gasteiger partial charge < -0.3 is 15.4 Å². The maximum absolute atomic E-state index is 6.14. The van der Waals surface area contributed by atoms with E-state index >= 15 is 0 Å². The first-order valence-electron chi connectivity index (χ1n) is 8.37. The van der Waals surface area contributed by atoms with Gasteiger partial charge >= 0.3 is 0 Å². The van der Waals surface area contributed by atoms with Crippen LogP contribution in [-0.2, 0) is 6.54 Å². The first-order valence-corrected chi connectivity index (χ1v) is 9.15. The number of hydrogen-bond acceptors (Lipinski definition) is 3. The highest BCUT2D eigenvalue weighted by Crippen LogP contribution is 2.27. The first kappa shape index (κ1) is 18.0. The van der Waals surface area contributed by atoms with Gasteiger partial charge in [-0.25, -0.2) is 0 Å². The van der Waals surface area contributed by atoms with Gasteiger partial charge in [-0.2, -0.15) is 0 Å². The molecule has 0 amide bonds. The molecule has 0 aromatic heterocycles. The van der Waals surface area contributed by atoms with Crippen LogP contribution in [0, 0.1) is 0 Å².